The van der Waals surface area contributed by atoms with Crippen LogP contribution < -0.4 is 10.6 Å². The zero-order valence-corrected chi connectivity index (χ0v) is 16.5. The van der Waals surface area contributed by atoms with Crippen molar-refractivity contribution in [1.82, 2.24) is 25.8 Å². The van der Waals surface area contributed by atoms with Gasteiger partial charge in [0.25, 0.3) is 5.91 Å². The lowest BCUT2D eigenvalue weighted by molar-refractivity contribution is -0.124. The molecule has 2 heterocycles. The molecule has 0 aliphatic carbocycles. The second-order valence-electron chi connectivity index (χ2n) is 7.03. The van der Waals surface area contributed by atoms with Crippen molar-refractivity contribution in [2.75, 3.05) is 0 Å². The molecule has 0 spiro atoms. The summed E-state index contributed by atoms with van der Waals surface area (Å²) in [5.74, 6) is -0.0116. The summed E-state index contributed by atoms with van der Waals surface area (Å²) in [6.45, 7) is 5.76. The quantitative estimate of drug-likeness (QED) is 0.638. The van der Waals surface area contributed by atoms with Crippen LogP contribution in [0.4, 0.5) is 0 Å². The summed E-state index contributed by atoms with van der Waals surface area (Å²) in [6, 6.07) is 10.0. The minimum atomic E-state index is -0.689. The average Bonchev–Trinajstić information content (AvgIpc) is 3.20. The molecule has 0 saturated heterocycles. The lowest BCUT2D eigenvalue weighted by Gasteiger charge is -2.21. The highest BCUT2D eigenvalue weighted by atomic mass is 16.5. The standard InChI is InChI=1S/C21H23N5O3/c1-13(2)18(25-20(27)16-6-4-14(3)5-7-16)21(28)23-12-17-24-19(26-29-17)15-8-10-22-11-9-15/h4-11,13,18H,12H2,1-3H3,(H,23,28)(H,25,27). The van der Waals surface area contributed by atoms with Gasteiger partial charge in [0, 0.05) is 23.5 Å². The molecule has 0 radical (unpaired) electrons. The van der Waals surface area contributed by atoms with Crippen LogP contribution in [0.5, 0.6) is 0 Å². The predicted molar refractivity (Wildman–Crippen MR) is 107 cm³/mol. The highest BCUT2D eigenvalue weighted by Crippen LogP contribution is 2.14. The molecule has 2 amide bonds. The minimum Gasteiger partial charge on any atom is -0.345 e. The first-order chi connectivity index (χ1) is 13.9. The van der Waals surface area contributed by atoms with E-state index in [0.717, 1.165) is 11.1 Å². The number of carbonyl (C=O) groups excluding carboxylic acids is 2. The second-order valence-corrected chi connectivity index (χ2v) is 7.03. The number of benzene rings is 1. The number of nitrogens with one attached hydrogen (secondary N) is 2. The van der Waals surface area contributed by atoms with E-state index in [2.05, 4.69) is 25.8 Å². The summed E-state index contributed by atoms with van der Waals surface area (Å²) in [5, 5.41) is 9.45. The molecular formula is C21H23N5O3. The number of amides is 2. The number of pyridine rings is 1. The Morgan fingerprint density at radius 2 is 1.76 bits per heavy atom. The normalized spacial score (nSPS) is 11.9. The molecule has 1 aromatic carbocycles. The molecule has 0 aliphatic heterocycles. The third-order valence-electron chi connectivity index (χ3n) is 4.37. The Morgan fingerprint density at radius 3 is 2.41 bits per heavy atom. The Labute approximate surface area is 168 Å². The summed E-state index contributed by atoms with van der Waals surface area (Å²) < 4.78 is 5.19. The van der Waals surface area contributed by atoms with E-state index < -0.39 is 6.04 Å². The monoisotopic (exact) mass is 393 g/mol. The summed E-state index contributed by atoms with van der Waals surface area (Å²) >= 11 is 0. The number of hydrogen-bond acceptors (Lipinski definition) is 6. The van der Waals surface area contributed by atoms with Gasteiger partial charge in [-0.1, -0.05) is 36.7 Å². The lowest BCUT2D eigenvalue weighted by Crippen LogP contribution is -2.49. The van der Waals surface area contributed by atoms with E-state index in [1.54, 1.807) is 36.7 Å². The van der Waals surface area contributed by atoms with E-state index in [1.807, 2.05) is 32.9 Å². The number of rotatable bonds is 7. The largest absolute Gasteiger partial charge is 0.345 e. The van der Waals surface area contributed by atoms with Gasteiger partial charge in [-0.3, -0.25) is 14.6 Å². The number of aryl methyl sites for hydroxylation is 1. The molecule has 2 N–H and O–H groups in total. The van der Waals surface area contributed by atoms with Crippen molar-refractivity contribution < 1.29 is 14.1 Å². The maximum absolute atomic E-state index is 12.6. The van der Waals surface area contributed by atoms with Crippen molar-refractivity contribution in [3.05, 3.63) is 65.8 Å². The zero-order valence-electron chi connectivity index (χ0n) is 16.5. The first-order valence-corrected chi connectivity index (χ1v) is 9.32. The molecule has 0 bridgehead atoms. The van der Waals surface area contributed by atoms with Crippen molar-refractivity contribution in [3.63, 3.8) is 0 Å². The molecule has 0 aliphatic rings. The lowest BCUT2D eigenvalue weighted by atomic mass is 10.0. The van der Waals surface area contributed by atoms with Crippen LogP contribution in [0.25, 0.3) is 11.4 Å². The molecule has 3 rings (SSSR count). The van der Waals surface area contributed by atoms with Gasteiger partial charge in [-0.2, -0.15) is 4.98 Å². The number of nitrogens with zero attached hydrogens (tertiary/aromatic N) is 3. The maximum Gasteiger partial charge on any atom is 0.251 e. The minimum absolute atomic E-state index is 0.0700. The van der Waals surface area contributed by atoms with Crippen molar-refractivity contribution >= 4 is 11.8 Å². The highest BCUT2D eigenvalue weighted by molar-refractivity contribution is 5.97. The molecule has 150 valence electrons. The molecule has 2 aromatic heterocycles. The van der Waals surface area contributed by atoms with Gasteiger partial charge in [0.15, 0.2) is 0 Å². The molecule has 0 fully saturated rings. The molecular weight excluding hydrogens is 370 g/mol. The van der Waals surface area contributed by atoms with E-state index in [1.165, 1.54) is 0 Å². The molecule has 0 saturated carbocycles. The Morgan fingerprint density at radius 1 is 1.07 bits per heavy atom. The highest BCUT2D eigenvalue weighted by Gasteiger charge is 2.25. The topological polar surface area (TPSA) is 110 Å². The van der Waals surface area contributed by atoms with Gasteiger partial charge < -0.3 is 15.2 Å². The zero-order chi connectivity index (χ0) is 20.8. The van der Waals surface area contributed by atoms with Crippen molar-refractivity contribution in [3.8, 4) is 11.4 Å². The Balaban J connectivity index is 1.60. The van der Waals surface area contributed by atoms with Crippen molar-refractivity contribution in [1.29, 1.82) is 0 Å². The molecule has 8 heteroatoms. The van der Waals surface area contributed by atoms with E-state index in [-0.39, 0.29) is 30.2 Å². The van der Waals surface area contributed by atoms with E-state index >= 15 is 0 Å². The van der Waals surface area contributed by atoms with Gasteiger partial charge in [0.1, 0.15) is 6.04 Å². The maximum atomic E-state index is 12.6. The van der Waals surface area contributed by atoms with Crippen LogP contribution in [0, 0.1) is 12.8 Å². The van der Waals surface area contributed by atoms with Crippen LogP contribution in [0.1, 0.15) is 35.7 Å². The van der Waals surface area contributed by atoms with Crippen molar-refractivity contribution in [2.45, 2.75) is 33.4 Å². The smallest absolute Gasteiger partial charge is 0.251 e. The molecule has 1 unspecified atom stereocenters. The summed E-state index contributed by atoms with van der Waals surface area (Å²) in [4.78, 5) is 33.3. The Hall–Kier alpha value is -3.55. The van der Waals surface area contributed by atoms with Gasteiger partial charge in [0.05, 0.1) is 6.54 Å². The van der Waals surface area contributed by atoms with Crippen LogP contribution >= 0.6 is 0 Å². The Bertz CT molecular complexity index is 967. The van der Waals surface area contributed by atoms with Gasteiger partial charge in [0.2, 0.25) is 17.6 Å². The fraction of sp³-hybridized carbons (Fsp3) is 0.286. The van der Waals surface area contributed by atoms with Crippen LogP contribution in [0.3, 0.4) is 0 Å². The van der Waals surface area contributed by atoms with Gasteiger partial charge in [-0.25, -0.2) is 0 Å². The molecule has 3 aromatic rings. The van der Waals surface area contributed by atoms with E-state index in [4.69, 9.17) is 4.52 Å². The van der Waals surface area contributed by atoms with Gasteiger partial charge in [-0.05, 0) is 37.1 Å². The van der Waals surface area contributed by atoms with E-state index in [9.17, 15) is 9.59 Å². The summed E-state index contributed by atoms with van der Waals surface area (Å²) in [6.07, 6.45) is 3.27. The summed E-state index contributed by atoms with van der Waals surface area (Å²) in [5.41, 5.74) is 2.34. The average molecular weight is 393 g/mol. The number of aromatic nitrogens is 3. The summed E-state index contributed by atoms with van der Waals surface area (Å²) in [7, 11) is 0. The number of carbonyl (C=O) groups is 2. The third-order valence-corrected chi connectivity index (χ3v) is 4.37. The molecule has 8 nitrogen and oxygen atoms in total. The molecule has 1 atom stereocenters. The fourth-order valence-electron chi connectivity index (χ4n) is 2.68. The van der Waals surface area contributed by atoms with Crippen LogP contribution in [0.2, 0.25) is 0 Å². The van der Waals surface area contributed by atoms with Crippen LogP contribution in [0.15, 0.2) is 53.3 Å². The molecule has 29 heavy (non-hydrogen) atoms. The Kier molecular flexibility index (Phi) is 6.33. The van der Waals surface area contributed by atoms with Crippen molar-refractivity contribution in [2.24, 2.45) is 5.92 Å². The third kappa shape index (κ3) is 5.25. The van der Waals surface area contributed by atoms with Crippen LogP contribution in [-0.2, 0) is 11.3 Å². The fourth-order valence-corrected chi connectivity index (χ4v) is 2.68. The van der Waals surface area contributed by atoms with Gasteiger partial charge >= 0.3 is 0 Å². The second kappa shape index (κ2) is 9.09. The SMILES string of the molecule is Cc1ccc(C(=O)NC(C(=O)NCc2nc(-c3ccncc3)no2)C(C)C)cc1. The predicted octanol–water partition coefficient (Wildman–Crippen LogP) is 2.51. The van der Waals surface area contributed by atoms with Gasteiger partial charge in [-0.15, -0.1) is 0 Å². The first kappa shape index (κ1) is 20.2. The first-order valence-electron chi connectivity index (χ1n) is 9.32. The number of hydrogen-bond donors (Lipinski definition) is 2. The van der Waals surface area contributed by atoms with E-state index in [0.29, 0.717) is 11.4 Å². The van der Waals surface area contributed by atoms with Crippen LogP contribution in [-0.4, -0.2) is 33.0 Å².